The van der Waals surface area contributed by atoms with Crippen molar-refractivity contribution in [2.24, 2.45) is 0 Å². The van der Waals surface area contributed by atoms with Gasteiger partial charge in [-0.05, 0) is 37.8 Å². The summed E-state index contributed by atoms with van der Waals surface area (Å²) in [5.74, 6) is 0.983. The van der Waals surface area contributed by atoms with Gasteiger partial charge in [0, 0.05) is 30.1 Å². The number of likely N-dealkylation sites (tertiary alicyclic amines) is 1. The number of fused-ring (bicyclic) bond motifs is 1. The van der Waals surface area contributed by atoms with Crippen LogP contribution in [-0.4, -0.2) is 44.2 Å². The molecular formula is C19H23N5O2. The number of hydrogen-bond donors (Lipinski definition) is 1. The Morgan fingerprint density at radius 3 is 3.04 bits per heavy atom. The van der Waals surface area contributed by atoms with Crippen molar-refractivity contribution < 1.29 is 9.32 Å². The van der Waals surface area contributed by atoms with Gasteiger partial charge in [-0.25, -0.2) is 4.98 Å². The van der Waals surface area contributed by atoms with Gasteiger partial charge in [0.1, 0.15) is 11.3 Å². The summed E-state index contributed by atoms with van der Waals surface area (Å²) >= 11 is 0. The highest BCUT2D eigenvalue weighted by molar-refractivity contribution is 5.96. The number of H-pyrrole nitrogens is 1. The van der Waals surface area contributed by atoms with Crippen molar-refractivity contribution >= 4 is 16.9 Å². The summed E-state index contributed by atoms with van der Waals surface area (Å²) in [7, 11) is 0. The predicted octanol–water partition coefficient (Wildman–Crippen LogP) is 3.40. The van der Waals surface area contributed by atoms with Crippen molar-refractivity contribution in [2.45, 2.75) is 45.4 Å². The highest BCUT2D eigenvalue weighted by Crippen LogP contribution is 2.29. The Labute approximate surface area is 151 Å². The summed E-state index contributed by atoms with van der Waals surface area (Å²) in [6.45, 7) is 7.27. The monoisotopic (exact) mass is 353 g/mol. The lowest BCUT2D eigenvalue weighted by atomic mass is 9.93. The molecule has 1 N–H and O–H groups in total. The number of amides is 1. The first-order valence-corrected chi connectivity index (χ1v) is 9.10. The molecule has 4 rings (SSSR count). The highest BCUT2D eigenvalue weighted by atomic mass is 16.5. The molecule has 0 saturated carbocycles. The molecule has 4 heterocycles. The van der Waals surface area contributed by atoms with Crippen LogP contribution in [0, 0.1) is 6.92 Å². The molecule has 3 aromatic rings. The zero-order valence-electron chi connectivity index (χ0n) is 15.3. The number of aryl methyl sites for hydroxylation is 1. The summed E-state index contributed by atoms with van der Waals surface area (Å²) in [6.07, 6.45) is 3.75. The molecule has 0 unspecified atom stereocenters. The van der Waals surface area contributed by atoms with Crippen LogP contribution in [0.1, 0.15) is 66.0 Å². The first-order valence-electron chi connectivity index (χ1n) is 9.10. The molecule has 1 aliphatic heterocycles. The molecule has 26 heavy (non-hydrogen) atoms. The van der Waals surface area contributed by atoms with E-state index >= 15 is 0 Å². The first-order chi connectivity index (χ1) is 12.5. The minimum Gasteiger partial charge on any atom is -0.361 e. The summed E-state index contributed by atoms with van der Waals surface area (Å²) in [5, 5.41) is 12.0. The molecule has 0 spiro atoms. The summed E-state index contributed by atoms with van der Waals surface area (Å²) in [5.41, 5.74) is 3.16. The van der Waals surface area contributed by atoms with Gasteiger partial charge in [0.15, 0.2) is 5.65 Å². The minimum atomic E-state index is 0.0137. The van der Waals surface area contributed by atoms with E-state index in [2.05, 4.69) is 15.4 Å². The van der Waals surface area contributed by atoms with Crippen LogP contribution in [0.15, 0.2) is 22.9 Å². The lowest BCUT2D eigenvalue weighted by Crippen LogP contribution is -2.39. The van der Waals surface area contributed by atoms with Crippen molar-refractivity contribution in [2.75, 3.05) is 13.1 Å². The third-order valence-electron chi connectivity index (χ3n) is 5.10. The number of carbonyl (C=O) groups is 1. The Bertz CT molecular complexity index is 942. The van der Waals surface area contributed by atoms with Gasteiger partial charge >= 0.3 is 0 Å². The molecule has 7 heteroatoms. The molecule has 0 bridgehead atoms. The zero-order valence-corrected chi connectivity index (χ0v) is 15.3. The number of rotatable bonds is 3. The van der Waals surface area contributed by atoms with Crippen molar-refractivity contribution in [3.8, 4) is 0 Å². The third kappa shape index (κ3) is 2.87. The van der Waals surface area contributed by atoms with Gasteiger partial charge in [-0.3, -0.25) is 9.89 Å². The van der Waals surface area contributed by atoms with E-state index in [4.69, 9.17) is 9.51 Å². The SMILES string of the molecule is Cc1onc(C(C)C)c1C(=O)N1CCC[C@H](c2ccc3cn[nH]c3n2)C1. The number of carbonyl (C=O) groups excluding carboxylic acids is 1. The van der Waals surface area contributed by atoms with Crippen molar-refractivity contribution in [3.63, 3.8) is 0 Å². The molecule has 1 fully saturated rings. The number of aromatic amines is 1. The lowest BCUT2D eigenvalue weighted by Gasteiger charge is -2.32. The summed E-state index contributed by atoms with van der Waals surface area (Å²) < 4.78 is 5.30. The normalized spacial score (nSPS) is 18.0. The Morgan fingerprint density at radius 1 is 1.38 bits per heavy atom. The van der Waals surface area contributed by atoms with Crippen LogP contribution < -0.4 is 0 Å². The van der Waals surface area contributed by atoms with Crippen LogP contribution in [-0.2, 0) is 0 Å². The Balaban J connectivity index is 1.58. The largest absolute Gasteiger partial charge is 0.361 e. The maximum atomic E-state index is 13.1. The second-order valence-electron chi connectivity index (χ2n) is 7.29. The fraction of sp³-hybridized carbons (Fsp3) is 0.474. The van der Waals surface area contributed by atoms with Gasteiger partial charge in [0.2, 0.25) is 0 Å². The molecule has 0 radical (unpaired) electrons. The van der Waals surface area contributed by atoms with Gasteiger partial charge in [0.25, 0.3) is 5.91 Å². The van der Waals surface area contributed by atoms with E-state index < -0.39 is 0 Å². The van der Waals surface area contributed by atoms with Gasteiger partial charge in [-0.15, -0.1) is 0 Å². The molecule has 1 atom stereocenters. The average molecular weight is 353 g/mol. The topological polar surface area (TPSA) is 87.9 Å². The van der Waals surface area contributed by atoms with Crippen LogP contribution in [0.3, 0.4) is 0 Å². The Hall–Kier alpha value is -2.70. The molecule has 0 aromatic carbocycles. The molecule has 3 aromatic heterocycles. The maximum absolute atomic E-state index is 13.1. The smallest absolute Gasteiger partial charge is 0.259 e. The third-order valence-corrected chi connectivity index (χ3v) is 5.10. The summed E-state index contributed by atoms with van der Waals surface area (Å²) in [6, 6.07) is 4.07. The molecular weight excluding hydrogens is 330 g/mol. The van der Waals surface area contributed by atoms with E-state index in [1.807, 2.05) is 30.9 Å². The van der Waals surface area contributed by atoms with Gasteiger partial charge in [-0.1, -0.05) is 19.0 Å². The van der Waals surface area contributed by atoms with E-state index in [1.165, 1.54) is 0 Å². The van der Waals surface area contributed by atoms with Crippen LogP contribution in [0.5, 0.6) is 0 Å². The van der Waals surface area contributed by atoms with Crippen molar-refractivity contribution in [1.29, 1.82) is 0 Å². The quantitative estimate of drug-likeness (QED) is 0.780. The van der Waals surface area contributed by atoms with E-state index in [0.29, 0.717) is 17.9 Å². The lowest BCUT2D eigenvalue weighted by molar-refractivity contribution is 0.0703. The molecule has 136 valence electrons. The van der Waals surface area contributed by atoms with Gasteiger partial charge in [0.05, 0.1) is 11.9 Å². The Kier molecular flexibility index (Phi) is 4.22. The summed E-state index contributed by atoms with van der Waals surface area (Å²) in [4.78, 5) is 19.8. The van der Waals surface area contributed by atoms with Crippen LogP contribution in [0.2, 0.25) is 0 Å². The van der Waals surface area contributed by atoms with Crippen LogP contribution >= 0.6 is 0 Å². The molecule has 1 amide bonds. The zero-order chi connectivity index (χ0) is 18.3. The van der Waals surface area contributed by atoms with Gasteiger partial charge < -0.3 is 9.42 Å². The number of nitrogens with zero attached hydrogens (tertiary/aromatic N) is 4. The van der Waals surface area contributed by atoms with E-state index in [9.17, 15) is 4.79 Å². The maximum Gasteiger partial charge on any atom is 0.259 e. The van der Waals surface area contributed by atoms with E-state index in [-0.39, 0.29) is 17.7 Å². The molecule has 1 aliphatic rings. The molecule has 1 saturated heterocycles. The Morgan fingerprint density at radius 2 is 2.23 bits per heavy atom. The van der Waals surface area contributed by atoms with Crippen molar-refractivity contribution in [3.05, 3.63) is 41.0 Å². The fourth-order valence-corrected chi connectivity index (χ4v) is 3.67. The fourth-order valence-electron chi connectivity index (χ4n) is 3.67. The predicted molar refractivity (Wildman–Crippen MR) is 97.1 cm³/mol. The second kappa shape index (κ2) is 6.55. The standard InChI is InChI=1S/C19H23N5O2/c1-11(2)17-16(12(3)26-23-17)19(25)24-8-4-5-14(10-24)15-7-6-13-9-20-22-18(13)21-15/h6-7,9,11,14H,4-5,8,10H2,1-3H3,(H,20,21,22)/t14-/m0/s1. The van der Waals surface area contributed by atoms with E-state index in [1.54, 1.807) is 13.1 Å². The molecule has 0 aliphatic carbocycles. The number of aromatic nitrogens is 4. The number of hydrogen-bond acceptors (Lipinski definition) is 5. The average Bonchev–Trinajstić information content (AvgIpc) is 3.26. The van der Waals surface area contributed by atoms with Crippen molar-refractivity contribution in [1.82, 2.24) is 25.2 Å². The van der Waals surface area contributed by atoms with Gasteiger partial charge in [-0.2, -0.15) is 5.10 Å². The highest BCUT2D eigenvalue weighted by Gasteiger charge is 2.31. The number of nitrogens with one attached hydrogen (secondary N) is 1. The second-order valence-corrected chi connectivity index (χ2v) is 7.29. The van der Waals surface area contributed by atoms with Crippen LogP contribution in [0.25, 0.3) is 11.0 Å². The first kappa shape index (κ1) is 16.8. The van der Waals surface area contributed by atoms with Crippen LogP contribution in [0.4, 0.5) is 0 Å². The van der Waals surface area contributed by atoms with E-state index in [0.717, 1.165) is 41.8 Å². The minimum absolute atomic E-state index is 0.0137. The number of pyridine rings is 1. The number of piperidine rings is 1. The molecule has 7 nitrogen and oxygen atoms in total.